The van der Waals surface area contributed by atoms with E-state index in [0.29, 0.717) is 11.5 Å². The molecule has 5 rings (SSSR count). The van der Waals surface area contributed by atoms with Crippen molar-refractivity contribution in [1.82, 2.24) is 5.32 Å². The van der Waals surface area contributed by atoms with E-state index in [1.165, 1.54) is 50.7 Å². The van der Waals surface area contributed by atoms with Crippen molar-refractivity contribution in [3.05, 3.63) is 39.9 Å². The van der Waals surface area contributed by atoms with Gasteiger partial charge in [-0.2, -0.15) is 0 Å². The Labute approximate surface area is 152 Å². The first-order chi connectivity index (χ1) is 12.0. The highest BCUT2D eigenvalue weighted by atomic mass is 32.2. The normalized spacial score (nSPS) is 32.6. The molecule has 0 radical (unpaired) electrons. The van der Waals surface area contributed by atoms with E-state index in [1.54, 1.807) is 23.9 Å². The van der Waals surface area contributed by atoms with Crippen LogP contribution in [0.3, 0.4) is 0 Å². The van der Waals surface area contributed by atoms with Crippen LogP contribution < -0.4 is 5.32 Å². The molecule has 1 aromatic carbocycles. The summed E-state index contributed by atoms with van der Waals surface area (Å²) in [7, 11) is 0. The molecule has 0 heterocycles. The van der Waals surface area contributed by atoms with Crippen molar-refractivity contribution in [2.75, 3.05) is 5.75 Å². The number of amides is 1. The van der Waals surface area contributed by atoms with Gasteiger partial charge in [0.25, 0.3) is 5.69 Å². The number of nitro groups is 1. The highest BCUT2D eigenvalue weighted by Crippen LogP contribution is 2.55. The molecule has 6 heteroatoms. The van der Waals surface area contributed by atoms with Crippen molar-refractivity contribution in [3.63, 3.8) is 0 Å². The third kappa shape index (κ3) is 3.68. The molecule has 0 aliphatic heterocycles. The summed E-state index contributed by atoms with van der Waals surface area (Å²) in [5.41, 5.74) is 1.20. The second-order valence-electron chi connectivity index (χ2n) is 8.16. The van der Waals surface area contributed by atoms with Crippen LogP contribution in [0.1, 0.15) is 44.1 Å². The summed E-state index contributed by atoms with van der Waals surface area (Å²) in [5.74, 6) is 3.80. The van der Waals surface area contributed by atoms with Gasteiger partial charge in [-0.25, -0.2) is 0 Å². The van der Waals surface area contributed by atoms with Crippen molar-refractivity contribution in [1.29, 1.82) is 0 Å². The van der Waals surface area contributed by atoms with Crippen LogP contribution in [-0.2, 0) is 10.5 Å². The van der Waals surface area contributed by atoms with Crippen LogP contribution in [0.15, 0.2) is 24.3 Å². The highest BCUT2D eigenvalue weighted by Gasteiger charge is 2.51. The van der Waals surface area contributed by atoms with E-state index in [2.05, 4.69) is 5.32 Å². The molecule has 0 spiro atoms. The average Bonchev–Trinajstić information content (AvgIpc) is 2.53. The van der Waals surface area contributed by atoms with Crippen LogP contribution in [0.25, 0.3) is 0 Å². The Morgan fingerprint density at radius 1 is 1.12 bits per heavy atom. The maximum absolute atomic E-state index is 12.4. The minimum Gasteiger partial charge on any atom is -0.350 e. The van der Waals surface area contributed by atoms with Crippen molar-refractivity contribution in [3.8, 4) is 0 Å². The van der Waals surface area contributed by atoms with Gasteiger partial charge < -0.3 is 5.32 Å². The molecule has 4 fully saturated rings. The van der Waals surface area contributed by atoms with Gasteiger partial charge in [0.1, 0.15) is 0 Å². The van der Waals surface area contributed by atoms with Gasteiger partial charge in [0, 0.05) is 23.4 Å². The zero-order valence-electron chi connectivity index (χ0n) is 14.3. The topological polar surface area (TPSA) is 72.2 Å². The third-order valence-corrected chi connectivity index (χ3v) is 7.10. The van der Waals surface area contributed by atoms with Gasteiger partial charge in [-0.15, -0.1) is 11.8 Å². The molecular weight excluding hydrogens is 336 g/mol. The number of non-ortho nitro benzene ring substituents is 1. The van der Waals surface area contributed by atoms with Crippen LogP contribution in [0.5, 0.6) is 0 Å². The van der Waals surface area contributed by atoms with Gasteiger partial charge in [0.05, 0.1) is 10.7 Å². The lowest BCUT2D eigenvalue weighted by Gasteiger charge is -2.56. The first-order valence-corrected chi connectivity index (χ1v) is 10.3. The Hall–Kier alpha value is -1.56. The maximum atomic E-state index is 12.4. The maximum Gasteiger partial charge on any atom is 0.269 e. The molecule has 4 aliphatic carbocycles. The second kappa shape index (κ2) is 6.63. The lowest BCUT2D eigenvalue weighted by molar-refractivity contribution is -0.384. The van der Waals surface area contributed by atoms with Crippen molar-refractivity contribution < 1.29 is 9.72 Å². The van der Waals surface area contributed by atoms with E-state index < -0.39 is 4.92 Å². The SMILES string of the molecule is O=C(CSCc1ccc([N+](=O)[O-])cc1)NC12CC3CC(CC(C3)C1)C2. The van der Waals surface area contributed by atoms with E-state index in [1.807, 2.05) is 0 Å². The summed E-state index contributed by atoms with van der Waals surface area (Å²) in [6.07, 6.45) is 7.67. The van der Waals surface area contributed by atoms with Crippen molar-refractivity contribution in [2.45, 2.75) is 49.8 Å². The van der Waals surface area contributed by atoms with Crippen molar-refractivity contribution in [2.24, 2.45) is 17.8 Å². The fraction of sp³-hybridized carbons (Fsp3) is 0.632. The number of thioether (sulfide) groups is 1. The molecule has 25 heavy (non-hydrogen) atoms. The van der Waals surface area contributed by atoms with E-state index in [4.69, 9.17) is 0 Å². The summed E-state index contributed by atoms with van der Waals surface area (Å²) < 4.78 is 0. The van der Waals surface area contributed by atoms with Crippen LogP contribution in [0.4, 0.5) is 5.69 Å². The van der Waals surface area contributed by atoms with Crippen LogP contribution in [0.2, 0.25) is 0 Å². The number of nitrogens with zero attached hydrogens (tertiary/aromatic N) is 1. The zero-order chi connectivity index (χ0) is 17.4. The molecule has 0 unspecified atom stereocenters. The van der Waals surface area contributed by atoms with Crippen LogP contribution >= 0.6 is 11.8 Å². The average molecular weight is 360 g/mol. The predicted molar refractivity (Wildman–Crippen MR) is 98.3 cm³/mol. The number of carbonyl (C=O) groups is 1. The fourth-order valence-corrected chi connectivity index (χ4v) is 6.36. The number of nitrogens with one attached hydrogen (secondary N) is 1. The second-order valence-corrected chi connectivity index (χ2v) is 9.15. The van der Waals surface area contributed by atoms with Gasteiger partial charge in [0.2, 0.25) is 5.91 Å². The van der Waals surface area contributed by atoms with E-state index in [-0.39, 0.29) is 17.1 Å². The quantitative estimate of drug-likeness (QED) is 0.616. The third-order valence-electron chi connectivity index (χ3n) is 6.09. The highest BCUT2D eigenvalue weighted by molar-refractivity contribution is 7.99. The van der Waals surface area contributed by atoms with E-state index in [0.717, 1.165) is 23.3 Å². The Bertz CT molecular complexity index is 638. The van der Waals surface area contributed by atoms with Gasteiger partial charge in [-0.1, -0.05) is 12.1 Å². The molecule has 1 aromatic rings. The molecule has 1 amide bonds. The van der Waals surface area contributed by atoms with E-state index in [9.17, 15) is 14.9 Å². The lowest BCUT2D eigenvalue weighted by Crippen LogP contribution is -2.60. The summed E-state index contributed by atoms with van der Waals surface area (Å²) in [6.45, 7) is 0. The molecule has 1 N–H and O–H groups in total. The molecular formula is C19H24N2O3S. The smallest absolute Gasteiger partial charge is 0.269 e. The van der Waals surface area contributed by atoms with Crippen molar-refractivity contribution >= 4 is 23.4 Å². The molecule has 4 aliphatic rings. The Kier molecular flexibility index (Phi) is 4.48. The van der Waals surface area contributed by atoms with E-state index >= 15 is 0 Å². The number of hydrogen-bond donors (Lipinski definition) is 1. The number of carbonyl (C=O) groups excluding carboxylic acids is 1. The first-order valence-electron chi connectivity index (χ1n) is 9.13. The minimum atomic E-state index is -0.393. The first kappa shape index (κ1) is 16.9. The van der Waals surface area contributed by atoms with Gasteiger partial charge in [-0.05, 0) is 61.8 Å². The number of nitro benzene ring substituents is 1. The van der Waals surface area contributed by atoms with Gasteiger partial charge >= 0.3 is 0 Å². The number of rotatable bonds is 6. The van der Waals surface area contributed by atoms with Crippen LogP contribution in [-0.4, -0.2) is 22.1 Å². The Morgan fingerprint density at radius 3 is 2.20 bits per heavy atom. The molecule has 0 atom stereocenters. The summed E-state index contributed by atoms with van der Waals surface area (Å²) in [5, 5.41) is 14.1. The molecule has 4 bridgehead atoms. The Balaban J connectivity index is 1.26. The largest absolute Gasteiger partial charge is 0.350 e. The molecule has 134 valence electrons. The van der Waals surface area contributed by atoms with Gasteiger partial charge in [0.15, 0.2) is 0 Å². The fourth-order valence-electron chi connectivity index (χ4n) is 5.57. The molecule has 0 saturated heterocycles. The monoisotopic (exact) mass is 360 g/mol. The number of hydrogen-bond acceptors (Lipinski definition) is 4. The molecule has 4 saturated carbocycles. The lowest BCUT2D eigenvalue weighted by atomic mass is 9.53. The summed E-state index contributed by atoms with van der Waals surface area (Å²) in [4.78, 5) is 22.7. The summed E-state index contributed by atoms with van der Waals surface area (Å²) in [6, 6.07) is 6.57. The Morgan fingerprint density at radius 2 is 1.68 bits per heavy atom. The van der Waals surface area contributed by atoms with Crippen LogP contribution in [0, 0.1) is 27.9 Å². The zero-order valence-corrected chi connectivity index (χ0v) is 15.1. The van der Waals surface area contributed by atoms with Gasteiger partial charge in [-0.3, -0.25) is 14.9 Å². The molecule has 5 nitrogen and oxygen atoms in total. The summed E-state index contributed by atoms with van der Waals surface area (Å²) >= 11 is 1.58. The number of benzene rings is 1. The minimum absolute atomic E-state index is 0.0831. The molecule has 0 aromatic heterocycles. The standard InChI is InChI=1S/C19H24N2O3S/c22-18(12-25-11-13-1-3-17(4-2-13)21(23)24)20-19-8-14-5-15(9-19)7-16(6-14)10-19/h1-4,14-16H,5-12H2,(H,20,22). The predicted octanol–water partition coefficient (Wildman–Crippen LogP) is 3.91.